The van der Waals surface area contributed by atoms with Crippen LogP contribution >= 0.6 is 0 Å². The Hall–Kier alpha value is -1.52. The van der Waals surface area contributed by atoms with Gasteiger partial charge in [-0.3, -0.25) is 4.79 Å². The number of hydrogen-bond donors (Lipinski definition) is 2. The highest BCUT2D eigenvalue weighted by Gasteiger charge is 2.32. The van der Waals surface area contributed by atoms with Gasteiger partial charge in [-0.25, -0.2) is 4.79 Å². The Bertz CT molecular complexity index is 313. The van der Waals surface area contributed by atoms with Crippen molar-refractivity contribution in [3.05, 3.63) is 12.2 Å². The van der Waals surface area contributed by atoms with Crippen LogP contribution in [0.1, 0.15) is 32.6 Å². The van der Waals surface area contributed by atoms with Crippen LogP contribution < -0.4 is 5.73 Å². The number of amides is 1. The quantitative estimate of drug-likeness (QED) is 0.702. The largest absolute Gasteiger partial charge is 0.481 e. The molecule has 0 radical (unpaired) electrons. The molecule has 2 unspecified atom stereocenters. The summed E-state index contributed by atoms with van der Waals surface area (Å²) in [5.41, 5.74) is 4.21. The first-order valence-electron chi connectivity index (χ1n) is 5.30. The number of rotatable bonds is 2. The molecule has 0 aromatic carbocycles. The maximum Gasteiger partial charge on any atom is 0.405 e. The molecule has 90 valence electrons. The number of hydrogen-bond acceptors (Lipinski definition) is 3. The molecule has 0 heterocycles. The van der Waals surface area contributed by atoms with Crippen LogP contribution in [0.5, 0.6) is 0 Å². The van der Waals surface area contributed by atoms with E-state index >= 15 is 0 Å². The third kappa shape index (κ3) is 3.25. The minimum absolute atomic E-state index is 0.323. The lowest BCUT2D eigenvalue weighted by molar-refractivity contribution is -0.148. The number of carboxylic acid groups (broad SMARTS) is 1. The fraction of sp³-hybridized carbons (Fsp3) is 0.636. The molecule has 0 saturated heterocycles. The van der Waals surface area contributed by atoms with E-state index in [0.717, 1.165) is 0 Å². The van der Waals surface area contributed by atoms with Gasteiger partial charge in [-0.05, 0) is 38.7 Å². The second kappa shape index (κ2) is 5.01. The summed E-state index contributed by atoms with van der Waals surface area (Å²) in [5.74, 6) is -0.786. The Morgan fingerprint density at radius 2 is 2.25 bits per heavy atom. The zero-order chi connectivity index (χ0) is 12.2. The topological polar surface area (TPSA) is 89.6 Å². The minimum atomic E-state index is -0.795. The van der Waals surface area contributed by atoms with Crippen LogP contribution in [0.25, 0.3) is 0 Å². The molecule has 16 heavy (non-hydrogen) atoms. The number of primary amides is 1. The molecule has 5 heteroatoms. The molecule has 3 N–H and O–H groups in total. The second-order valence-corrected chi connectivity index (χ2v) is 4.37. The van der Waals surface area contributed by atoms with Crippen molar-refractivity contribution in [2.45, 2.75) is 38.7 Å². The third-order valence-corrected chi connectivity index (χ3v) is 2.92. The molecule has 1 aliphatic rings. The number of carboxylic acids is 1. The maximum atomic E-state index is 11.1. The highest BCUT2D eigenvalue weighted by molar-refractivity contribution is 5.74. The molecule has 2 atom stereocenters. The molecule has 1 aliphatic carbocycles. The van der Waals surface area contributed by atoms with Crippen LogP contribution in [-0.2, 0) is 9.53 Å². The van der Waals surface area contributed by atoms with Crippen LogP contribution in [0, 0.1) is 5.41 Å². The van der Waals surface area contributed by atoms with Crippen molar-refractivity contribution in [2.75, 3.05) is 0 Å². The van der Waals surface area contributed by atoms with E-state index in [-0.39, 0.29) is 6.10 Å². The van der Waals surface area contributed by atoms with Gasteiger partial charge in [-0.15, -0.1) is 0 Å². The molecule has 1 rings (SSSR count). The first-order valence-corrected chi connectivity index (χ1v) is 5.30. The number of allylic oxidation sites excluding steroid dienone is 1. The van der Waals surface area contributed by atoms with Gasteiger partial charge in [-0.1, -0.05) is 6.08 Å². The molecular formula is C11H17NO4. The zero-order valence-corrected chi connectivity index (χ0v) is 9.31. The molecule has 5 nitrogen and oxygen atoms in total. The van der Waals surface area contributed by atoms with Crippen LogP contribution in [0.4, 0.5) is 4.79 Å². The van der Waals surface area contributed by atoms with Crippen molar-refractivity contribution < 1.29 is 19.4 Å². The lowest BCUT2D eigenvalue weighted by atomic mass is 9.80. The van der Waals surface area contributed by atoms with E-state index in [4.69, 9.17) is 15.6 Å². The number of aliphatic carboxylic acids is 1. The minimum Gasteiger partial charge on any atom is -0.481 e. The lowest BCUT2D eigenvalue weighted by Crippen LogP contribution is -2.29. The highest BCUT2D eigenvalue weighted by atomic mass is 16.6. The molecule has 0 aromatic rings. The molecular weight excluding hydrogens is 210 g/mol. The zero-order valence-electron chi connectivity index (χ0n) is 9.31. The van der Waals surface area contributed by atoms with Crippen molar-refractivity contribution >= 4 is 12.1 Å². The first kappa shape index (κ1) is 12.5. The average Bonchev–Trinajstić information content (AvgIpc) is 2.13. The van der Waals surface area contributed by atoms with Gasteiger partial charge in [0.1, 0.15) is 6.10 Å². The Morgan fingerprint density at radius 1 is 1.56 bits per heavy atom. The number of carbonyl (C=O) groups is 2. The van der Waals surface area contributed by atoms with Crippen molar-refractivity contribution in [1.29, 1.82) is 0 Å². The fourth-order valence-corrected chi connectivity index (χ4v) is 1.81. The van der Waals surface area contributed by atoms with Crippen molar-refractivity contribution in [1.82, 2.24) is 0 Å². The van der Waals surface area contributed by atoms with E-state index in [1.54, 1.807) is 19.1 Å². The van der Waals surface area contributed by atoms with Gasteiger partial charge in [0.2, 0.25) is 0 Å². The number of nitrogens with two attached hydrogens (primary N) is 1. The average molecular weight is 227 g/mol. The van der Waals surface area contributed by atoms with Crippen molar-refractivity contribution in [3.63, 3.8) is 0 Å². The predicted molar refractivity (Wildman–Crippen MR) is 57.8 cm³/mol. The van der Waals surface area contributed by atoms with E-state index in [1.807, 2.05) is 0 Å². The van der Waals surface area contributed by atoms with Gasteiger partial charge in [0.05, 0.1) is 5.41 Å². The summed E-state index contributed by atoms with van der Waals surface area (Å²) >= 11 is 0. The Labute approximate surface area is 94.3 Å². The smallest absolute Gasteiger partial charge is 0.405 e. The Kier molecular flexibility index (Phi) is 3.93. The van der Waals surface area contributed by atoms with E-state index < -0.39 is 17.5 Å². The molecule has 0 spiro atoms. The van der Waals surface area contributed by atoms with Gasteiger partial charge in [0.15, 0.2) is 0 Å². The van der Waals surface area contributed by atoms with E-state index in [0.29, 0.717) is 25.7 Å². The SMILES string of the molecule is CC1(C(=O)O)C/C=C/C(OC(N)=O)CCC1. The van der Waals surface area contributed by atoms with E-state index in [2.05, 4.69) is 0 Å². The Balaban J connectivity index is 2.64. The molecule has 0 aliphatic heterocycles. The van der Waals surface area contributed by atoms with Gasteiger partial charge in [0, 0.05) is 0 Å². The van der Waals surface area contributed by atoms with Crippen LogP contribution in [-0.4, -0.2) is 23.3 Å². The second-order valence-electron chi connectivity index (χ2n) is 4.37. The monoisotopic (exact) mass is 227 g/mol. The summed E-state index contributed by atoms with van der Waals surface area (Å²) in [6.07, 6.45) is 4.68. The standard InChI is InChI=1S/C11H17NO4/c1-11(9(13)14)6-2-4-8(5-3-7-11)16-10(12)15/h2,4,8H,3,5-7H2,1H3,(H2,12,15)(H,13,14)/b4-2+. The molecule has 0 saturated carbocycles. The Morgan fingerprint density at radius 3 is 2.81 bits per heavy atom. The number of ether oxygens (including phenoxy) is 1. The summed E-state index contributed by atoms with van der Waals surface area (Å²) in [7, 11) is 0. The first-order chi connectivity index (χ1) is 7.44. The van der Waals surface area contributed by atoms with E-state index in [1.165, 1.54) is 0 Å². The molecule has 0 fully saturated rings. The fourth-order valence-electron chi connectivity index (χ4n) is 1.81. The van der Waals surface area contributed by atoms with Crippen molar-refractivity contribution in [2.24, 2.45) is 11.1 Å². The normalized spacial score (nSPS) is 32.2. The van der Waals surface area contributed by atoms with Gasteiger partial charge < -0.3 is 15.6 Å². The summed E-state index contributed by atoms with van der Waals surface area (Å²) in [6.45, 7) is 1.73. The van der Waals surface area contributed by atoms with Crippen molar-refractivity contribution in [3.8, 4) is 0 Å². The predicted octanol–water partition coefficient (Wildman–Crippen LogP) is 1.67. The summed E-state index contributed by atoms with van der Waals surface area (Å²) in [5, 5.41) is 9.09. The van der Waals surface area contributed by atoms with Crippen LogP contribution in [0.2, 0.25) is 0 Å². The summed E-state index contributed by atoms with van der Waals surface area (Å²) in [4.78, 5) is 21.6. The lowest BCUT2D eigenvalue weighted by Gasteiger charge is -2.26. The molecule has 0 bridgehead atoms. The summed E-state index contributed by atoms with van der Waals surface area (Å²) in [6, 6.07) is 0. The van der Waals surface area contributed by atoms with Crippen LogP contribution in [0.15, 0.2) is 12.2 Å². The third-order valence-electron chi connectivity index (χ3n) is 2.92. The molecule has 1 amide bonds. The highest BCUT2D eigenvalue weighted by Crippen LogP contribution is 2.31. The van der Waals surface area contributed by atoms with Gasteiger partial charge in [-0.2, -0.15) is 0 Å². The number of carbonyl (C=O) groups excluding carboxylic acids is 1. The van der Waals surface area contributed by atoms with Gasteiger partial charge in [0.25, 0.3) is 0 Å². The maximum absolute atomic E-state index is 11.1. The van der Waals surface area contributed by atoms with E-state index in [9.17, 15) is 9.59 Å². The summed E-state index contributed by atoms with van der Waals surface area (Å²) < 4.78 is 4.86. The van der Waals surface area contributed by atoms with Crippen LogP contribution in [0.3, 0.4) is 0 Å². The van der Waals surface area contributed by atoms with Gasteiger partial charge >= 0.3 is 12.1 Å². The molecule has 0 aromatic heterocycles.